The monoisotopic (exact) mass is 387 g/mol. The number of pyridine rings is 1. The van der Waals surface area contributed by atoms with Crippen LogP contribution in [-0.4, -0.2) is 54.5 Å². The molecule has 8 heteroatoms. The third kappa shape index (κ3) is 4.68. The summed E-state index contributed by atoms with van der Waals surface area (Å²) in [6, 6.07) is 10.9. The molecule has 1 aromatic carbocycles. The van der Waals surface area contributed by atoms with E-state index in [0.717, 1.165) is 5.69 Å². The maximum absolute atomic E-state index is 12.4. The van der Waals surface area contributed by atoms with Crippen LogP contribution in [0.4, 0.5) is 16.3 Å². The van der Waals surface area contributed by atoms with E-state index in [1.807, 2.05) is 42.2 Å². The Labute approximate surface area is 163 Å². The van der Waals surface area contributed by atoms with Crippen LogP contribution in [0.5, 0.6) is 0 Å². The molecule has 0 spiro atoms. The van der Waals surface area contributed by atoms with E-state index in [1.165, 1.54) is 6.20 Å². The third-order valence-electron chi connectivity index (χ3n) is 4.31. The Balaban J connectivity index is 1.59. The van der Waals surface area contributed by atoms with Crippen molar-refractivity contribution in [2.75, 3.05) is 42.9 Å². The van der Waals surface area contributed by atoms with Crippen molar-refractivity contribution in [3.05, 3.63) is 53.2 Å². The van der Waals surface area contributed by atoms with Gasteiger partial charge >= 0.3 is 6.03 Å². The van der Waals surface area contributed by atoms with Gasteiger partial charge in [0.05, 0.1) is 10.6 Å². The summed E-state index contributed by atoms with van der Waals surface area (Å²) >= 11 is 6.34. The molecule has 2 heterocycles. The van der Waals surface area contributed by atoms with Gasteiger partial charge in [-0.1, -0.05) is 29.8 Å². The Hall–Kier alpha value is -2.80. The number of hydrogen-bond donors (Lipinski definition) is 2. The van der Waals surface area contributed by atoms with Gasteiger partial charge in [0.15, 0.2) is 0 Å². The number of aromatic nitrogens is 1. The predicted octanol–water partition coefficient (Wildman–Crippen LogP) is 2.84. The number of nitrogens with zero attached hydrogens (tertiary/aromatic N) is 3. The van der Waals surface area contributed by atoms with Gasteiger partial charge in [-0.2, -0.15) is 0 Å². The largest absolute Gasteiger partial charge is 0.352 e. The van der Waals surface area contributed by atoms with Gasteiger partial charge in [0.25, 0.3) is 5.91 Å². The number of hydrogen-bond acceptors (Lipinski definition) is 4. The molecule has 0 saturated carbocycles. The summed E-state index contributed by atoms with van der Waals surface area (Å²) in [7, 11) is 0. The Morgan fingerprint density at radius 1 is 1.15 bits per heavy atom. The second-order valence-electron chi connectivity index (χ2n) is 6.16. The maximum atomic E-state index is 12.4. The number of rotatable bonds is 4. The van der Waals surface area contributed by atoms with Crippen molar-refractivity contribution in [3.8, 4) is 0 Å². The molecule has 7 nitrogen and oxygen atoms in total. The summed E-state index contributed by atoms with van der Waals surface area (Å²) in [5.41, 5.74) is 1.21. The van der Waals surface area contributed by atoms with Crippen LogP contribution in [0.1, 0.15) is 17.3 Å². The van der Waals surface area contributed by atoms with E-state index in [1.54, 1.807) is 11.0 Å². The summed E-state index contributed by atoms with van der Waals surface area (Å²) in [5.74, 6) is 0.439. The smallest absolute Gasteiger partial charge is 0.321 e. The molecule has 1 aliphatic rings. The van der Waals surface area contributed by atoms with E-state index in [4.69, 9.17) is 11.6 Å². The molecule has 3 rings (SSSR count). The Morgan fingerprint density at radius 2 is 1.85 bits per heavy atom. The van der Waals surface area contributed by atoms with E-state index in [9.17, 15) is 9.59 Å². The zero-order valence-electron chi connectivity index (χ0n) is 15.1. The summed E-state index contributed by atoms with van der Waals surface area (Å²) < 4.78 is 0. The molecule has 1 saturated heterocycles. The quantitative estimate of drug-likeness (QED) is 0.845. The van der Waals surface area contributed by atoms with Gasteiger partial charge < -0.3 is 20.4 Å². The second kappa shape index (κ2) is 8.73. The molecule has 0 atom stereocenters. The van der Waals surface area contributed by atoms with Crippen LogP contribution < -0.4 is 15.5 Å². The molecule has 1 fully saturated rings. The number of piperazine rings is 1. The van der Waals surface area contributed by atoms with Crippen molar-refractivity contribution < 1.29 is 9.59 Å². The number of urea groups is 1. The Morgan fingerprint density at radius 3 is 2.48 bits per heavy atom. The number of halogens is 1. The first-order valence-electron chi connectivity index (χ1n) is 8.88. The highest BCUT2D eigenvalue weighted by Gasteiger charge is 2.23. The maximum Gasteiger partial charge on any atom is 0.321 e. The van der Waals surface area contributed by atoms with E-state index in [0.29, 0.717) is 49.1 Å². The highest BCUT2D eigenvalue weighted by molar-refractivity contribution is 6.33. The van der Waals surface area contributed by atoms with E-state index in [-0.39, 0.29) is 11.9 Å². The van der Waals surface area contributed by atoms with Gasteiger partial charge in [-0.3, -0.25) is 4.79 Å². The van der Waals surface area contributed by atoms with Gasteiger partial charge in [-0.15, -0.1) is 0 Å². The fourth-order valence-electron chi connectivity index (χ4n) is 2.90. The number of carbonyl (C=O) groups is 2. The molecular weight excluding hydrogens is 366 g/mol. The van der Waals surface area contributed by atoms with Gasteiger partial charge in [0.1, 0.15) is 5.82 Å². The van der Waals surface area contributed by atoms with Crippen LogP contribution in [0.3, 0.4) is 0 Å². The molecule has 0 radical (unpaired) electrons. The molecule has 142 valence electrons. The van der Waals surface area contributed by atoms with E-state index < -0.39 is 0 Å². The number of nitrogens with one attached hydrogen (secondary N) is 2. The molecule has 0 unspecified atom stereocenters. The fraction of sp³-hybridized carbons (Fsp3) is 0.316. The molecule has 0 aliphatic carbocycles. The first-order chi connectivity index (χ1) is 13.1. The first-order valence-corrected chi connectivity index (χ1v) is 9.26. The minimum Gasteiger partial charge on any atom is -0.352 e. The number of carbonyl (C=O) groups excluding carboxylic acids is 2. The van der Waals surface area contributed by atoms with Crippen LogP contribution in [-0.2, 0) is 0 Å². The van der Waals surface area contributed by atoms with Crippen LogP contribution in [0, 0.1) is 0 Å². The van der Waals surface area contributed by atoms with E-state index in [2.05, 4.69) is 15.6 Å². The van der Waals surface area contributed by atoms with E-state index >= 15 is 0 Å². The van der Waals surface area contributed by atoms with Crippen molar-refractivity contribution in [1.82, 2.24) is 15.2 Å². The average molecular weight is 388 g/mol. The van der Waals surface area contributed by atoms with Crippen molar-refractivity contribution >= 4 is 35.0 Å². The van der Waals surface area contributed by atoms with Crippen LogP contribution >= 0.6 is 11.6 Å². The third-order valence-corrected chi connectivity index (χ3v) is 4.59. The highest BCUT2D eigenvalue weighted by Crippen LogP contribution is 2.25. The lowest BCUT2D eigenvalue weighted by molar-refractivity contribution is 0.0955. The van der Waals surface area contributed by atoms with Crippen LogP contribution in [0.2, 0.25) is 5.02 Å². The van der Waals surface area contributed by atoms with Crippen molar-refractivity contribution in [2.24, 2.45) is 0 Å². The molecule has 27 heavy (non-hydrogen) atoms. The molecule has 0 bridgehead atoms. The lowest BCUT2D eigenvalue weighted by Gasteiger charge is -2.35. The lowest BCUT2D eigenvalue weighted by Crippen LogP contribution is -2.50. The van der Waals surface area contributed by atoms with Crippen molar-refractivity contribution in [3.63, 3.8) is 0 Å². The van der Waals surface area contributed by atoms with Crippen LogP contribution in [0.15, 0.2) is 42.6 Å². The first kappa shape index (κ1) is 19.0. The number of anilines is 2. The molecule has 1 aromatic heterocycles. The zero-order valence-corrected chi connectivity index (χ0v) is 15.9. The molecule has 2 aromatic rings. The van der Waals surface area contributed by atoms with Crippen molar-refractivity contribution in [1.29, 1.82) is 0 Å². The average Bonchev–Trinajstić information content (AvgIpc) is 2.69. The van der Waals surface area contributed by atoms with Gasteiger partial charge in [-0.25, -0.2) is 9.78 Å². The number of para-hydroxylation sites is 1. The predicted molar refractivity (Wildman–Crippen MR) is 107 cm³/mol. The summed E-state index contributed by atoms with van der Waals surface area (Å²) in [6.45, 7) is 4.77. The second-order valence-corrected chi connectivity index (χ2v) is 6.57. The van der Waals surface area contributed by atoms with Gasteiger partial charge in [-0.05, 0) is 25.1 Å². The topological polar surface area (TPSA) is 77.6 Å². The highest BCUT2D eigenvalue weighted by atomic mass is 35.5. The minimum absolute atomic E-state index is 0.119. The molecular formula is C19H22ClN5O2. The zero-order chi connectivity index (χ0) is 19.2. The SMILES string of the molecule is CCNC(=O)c1cnc(N2CCN(C(=O)Nc3ccccc3)CC2)c(Cl)c1. The summed E-state index contributed by atoms with van der Waals surface area (Å²) in [6.07, 6.45) is 1.53. The number of benzene rings is 1. The van der Waals surface area contributed by atoms with Gasteiger partial charge in [0, 0.05) is 44.6 Å². The normalized spacial score (nSPS) is 14.0. The molecule has 1 aliphatic heterocycles. The molecule has 2 N–H and O–H groups in total. The number of amides is 3. The van der Waals surface area contributed by atoms with Gasteiger partial charge in [0.2, 0.25) is 0 Å². The Kier molecular flexibility index (Phi) is 6.13. The standard InChI is InChI=1S/C19H22ClN5O2/c1-2-21-18(26)14-12-16(20)17(22-13-14)24-8-10-25(11-9-24)19(27)23-15-6-4-3-5-7-15/h3-7,12-13H,2,8-11H2,1H3,(H,21,26)(H,23,27). The summed E-state index contributed by atoms with van der Waals surface area (Å²) in [4.78, 5) is 32.4. The molecule has 3 amide bonds. The fourth-order valence-corrected chi connectivity index (χ4v) is 3.18. The summed E-state index contributed by atoms with van der Waals surface area (Å²) in [5, 5.41) is 6.05. The van der Waals surface area contributed by atoms with Crippen molar-refractivity contribution in [2.45, 2.75) is 6.92 Å². The lowest BCUT2D eigenvalue weighted by atomic mass is 10.2. The Bertz CT molecular complexity index is 807. The van der Waals surface area contributed by atoms with Crippen LogP contribution in [0.25, 0.3) is 0 Å². The minimum atomic E-state index is -0.194.